The normalized spacial score (nSPS) is 10.9. The average molecular weight is 335 g/mol. The Hall–Kier alpha value is -3.06. The number of fused-ring (bicyclic) bond motifs is 1. The molecular formula is C17H13N5OS. The SMILES string of the molecule is Cc1nnc2ccc(-c3ccc(NC(=O)c4cccs4)cc3)nn12. The highest BCUT2D eigenvalue weighted by Crippen LogP contribution is 2.21. The summed E-state index contributed by atoms with van der Waals surface area (Å²) >= 11 is 1.42. The number of aryl methyl sites for hydroxylation is 1. The second-order valence-electron chi connectivity index (χ2n) is 5.24. The summed E-state index contributed by atoms with van der Waals surface area (Å²) in [6, 6.07) is 15.0. The number of amides is 1. The van der Waals surface area contributed by atoms with Crippen molar-refractivity contribution in [1.82, 2.24) is 19.8 Å². The zero-order valence-electron chi connectivity index (χ0n) is 12.8. The third kappa shape index (κ3) is 2.65. The Bertz CT molecular complexity index is 1010. The Balaban J connectivity index is 1.58. The van der Waals surface area contributed by atoms with Crippen molar-refractivity contribution in [2.75, 3.05) is 5.32 Å². The lowest BCUT2D eigenvalue weighted by molar-refractivity contribution is 0.103. The van der Waals surface area contributed by atoms with Gasteiger partial charge in [0.25, 0.3) is 5.91 Å². The van der Waals surface area contributed by atoms with E-state index in [4.69, 9.17) is 0 Å². The van der Waals surface area contributed by atoms with Gasteiger partial charge in [0.05, 0.1) is 10.6 Å². The first-order chi connectivity index (χ1) is 11.7. The maximum atomic E-state index is 12.1. The van der Waals surface area contributed by atoms with Crippen molar-refractivity contribution in [3.63, 3.8) is 0 Å². The van der Waals surface area contributed by atoms with Crippen molar-refractivity contribution in [1.29, 1.82) is 0 Å². The zero-order chi connectivity index (χ0) is 16.5. The van der Waals surface area contributed by atoms with Gasteiger partial charge in [-0.2, -0.15) is 9.61 Å². The highest BCUT2D eigenvalue weighted by Gasteiger charge is 2.08. The van der Waals surface area contributed by atoms with Crippen molar-refractivity contribution < 1.29 is 4.79 Å². The number of nitrogens with one attached hydrogen (secondary N) is 1. The number of carbonyl (C=O) groups excluding carboxylic acids is 1. The van der Waals surface area contributed by atoms with Gasteiger partial charge in [-0.1, -0.05) is 18.2 Å². The Morgan fingerprint density at radius 1 is 1.08 bits per heavy atom. The van der Waals surface area contributed by atoms with Crippen LogP contribution in [-0.2, 0) is 0 Å². The highest BCUT2D eigenvalue weighted by atomic mass is 32.1. The maximum absolute atomic E-state index is 12.1. The minimum atomic E-state index is -0.0996. The van der Waals surface area contributed by atoms with Crippen LogP contribution in [0.25, 0.3) is 16.9 Å². The third-order valence-electron chi connectivity index (χ3n) is 3.60. The van der Waals surface area contributed by atoms with Crippen LogP contribution in [0.2, 0.25) is 0 Å². The van der Waals surface area contributed by atoms with Crippen molar-refractivity contribution in [2.24, 2.45) is 0 Å². The molecule has 4 aromatic rings. The Labute approximate surface area is 141 Å². The second-order valence-corrected chi connectivity index (χ2v) is 6.19. The summed E-state index contributed by atoms with van der Waals surface area (Å²) in [5.41, 5.74) is 3.25. The Morgan fingerprint density at radius 2 is 1.92 bits per heavy atom. The fourth-order valence-electron chi connectivity index (χ4n) is 2.37. The van der Waals surface area contributed by atoms with Crippen molar-refractivity contribution in [2.45, 2.75) is 6.92 Å². The van der Waals surface area contributed by atoms with E-state index in [1.807, 2.05) is 54.8 Å². The molecule has 0 radical (unpaired) electrons. The van der Waals surface area contributed by atoms with E-state index in [1.54, 1.807) is 10.6 Å². The van der Waals surface area contributed by atoms with Gasteiger partial charge in [-0.3, -0.25) is 4.79 Å². The number of rotatable bonds is 3. The Kier molecular flexibility index (Phi) is 3.55. The van der Waals surface area contributed by atoms with Crippen LogP contribution in [0.1, 0.15) is 15.5 Å². The van der Waals surface area contributed by atoms with Crippen molar-refractivity contribution in [3.05, 3.63) is 64.6 Å². The van der Waals surface area contributed by atoms with Crippen LogP contribution < -0.4 is 5.32 Å². The van der Waals surface area contributed by atoms with Crippen LogP contribution in [0, 0.1) is 6.92 Å². The van der Waals surface area contributed by atoms with Crippen LogP contribution in [0.15, 0.2) is 53.9 Å². The molecule has 0 atom stereocenters. The van der Waals surface area contributed by atoms with E-state index in [-0.39, 0.29) is 5.91 Å². The summed E-state index contributed by atoms with van der Waals surface area (Å²) in [5.74, 6) is 0.643. The number of thiophene rings is 1. The van der Waals surface area contributed by atoms with Gasteiger partial charge < -0.3 is 5.32 Å². The number of benzene rings is 1. The van der Waals surface area contributed by atoms with E-state index in [9.17, 15) is 4.79 Å². The molecule has 0 aliphatic rings. The van der Waals surface area contributed by atoms with Crippen LogP contribution in [-0.4, -0.2) is 25.7 Å². The molecule has 6 nitrogen and oxygen atoms in total. The number of aromatic nitrogens is 4. The molecule has 0 spiro atoms. The number of hydrogen-bond donors (Lipinski definition) is 1. The molecule has 0 aliphatic heterocycles. The smallest absolute Gasteiger partial charge is 0.265 e. The third-order valence-corrected chi connectivity index (χ3v) is 4.47. The van der Waals surface area contributed by atoms with Gasteiger partial charge in [-0.15, -0.1) is 21.5 Å². The van der Waals surface area contributed by atoms with Gasteiger partial charge in [-0.25, -0.2) is 0 Å². The number of carbonyl (C=O) groups is 1. The molecule has 0 fully saturated rings. The standard InChI is InChI=1S/C17H13N5OS/c1-11-19-20-16-9-8-14(21-22(11)16)12-4-6-13(7-5-12)18-17(23)15-3-2-10-24-15/h2-10H,1H3,(H,18,23). The highest BCUT2D eigenvalue weighted by molar-refractivity contribution is 7.12. The number of anilines is 1. The Morgan fingerprint density at radius 3 is 2.67 bits per heavy atom. The van der Waals surface area contributed by atoms with Gasteiger partial charge in [0, 0.05) is 11.3 Å². The van der Waals surface area contributed by atoms with Gasteiger partial charge in [0.15, 0.2) is 11.5 Å². The number of hydrogen-bond acceptors (Lipinski definition) is 5. The van der Waals surface area contributed by atoms with Crippen LogP contribution in [0.3, 0.4) is 0 Å². The molecule has 3 heterocycles. The van der Waals surface area contributed by atoms with Crippen LogP contribution in [0.4, 0.5) is 5.69 Å². The summed E-state index contributed by atoms with van der Waals surface area (Å²) in [6.45, 7) is 1.86. The van der Waals surface area contributed by atoms with Crippen molar-refractivity contribution in [3.8, 4) is 11.3 Å². The quantitative estimate of drug-likeness (QED) is 0.623. The fraction of sp³-hybridized carbons (Fsp3) is 0.0588. The summed E-state index contributed by atoms with van der Waals surface area (Å²) in [5, 5.41) is 17.3. The molecule has 0 saturated carbocycles. The van der Waals surface area contributed by atoms with Gasteiger partial charge >= 0.3 is 0 Å². The lowest BCUT2D eigenvalue weighted by Gasteiger charge is -2.06. The zero-order valence-corrected chi connectivity index (χ0v) is 13.6. The molecule has 7 heteroatoms. The molecule has 0 unspecified atom stereocenters. The molecule has 0 saturated heterocycles. The van der Waals surface area contributed by atoms with Crippen LogP contribution >= 0.6 is 11.3 Å². The molecule has 1 N–H and O–H groups in total. The molecule has 3 aromatic heterocycles. The summed E-state index contributed by atoms with van der Waals surface area (Å²) in [7, 11) is 0. The molecule has 118 valence electrons. The number of nitrogens with zero attached hydrogens (tertiary/aromatic N) is 4. The van der Waals surface area contributed by atoms with E-state index in [0.717, 1.165) is 28.4 Å². The largest absolute Gasteiger partial charge is 0.321 e. The van der Waals surface area contributed by atoms with E-state index in [1.165, 1.54) is 11.3 Å². The van der Waals surface area contributed by atoms with E-state index in [2.05, 4.69) is 20.6 Å². The van der Waals surface area contributed by atoms with Crippen molar-refractivity contribution >= 4 is 28.6 Å². The minimum absolute atomic E-state index is 0.0996. The first kappa shape index (κ1) is 14.5. The molecule has 0 bridgehead atoms. The molecule has 24 heavy (non-hydrogen) atoms. The average Bonchev–Trinajstić information content (AvgIpc) is 3.26. The van der Waals surface area contributed by atoms with E-state index in [0.29, 0.717) is 4.88 Å². The molecular weight excluding hydrogens is 322 g/mol. The summed E-state index contributed by atoms with van der Waals surface area (Å²) in [4.78, 5) is 12.7. The summed E-state index contributed by atoms with van der Waals surface area (Å²) in [6.07, 6.45) is 0. The molecule has 1 aromatic carbocycles. The predicted octanol–water partition coefficient (Wildman–Crippen LogP) is 3.41. The maximum Gasteiger partial charge on any atom is 0.265 e. The van der Waals surface area contributed by atoms with Gasteiger partial charge in [-0.05, 0) is 42.6 Å². The van der Waals surface area contributed by atoms with Gasteiger partial charge in [0.2, 0.25) is 0 Å². The first-order valence-corrected chi connectivity index (χ1v) is 8.23. The fourth-order valence-corrected chi connectivity index (χ4v) is 2.99. The summed E-state index contributed by atoms with van der Waals surface area (Å²) < 4.78 is 1.71. The minimum Gasteiger partial charge on any atom is -0.321 e. The predicted molar refractivity (Wildman–Crippen MR) is 93.2 cm³/mol. The molecule has 1 amide bonds. The first-order valence-electron chi connectivity index (χ1n) is 7.35. The monoisotopic (exact) mass is 335 g/mol. The van der Waals surface area contributed by atoms with E-state index >= 15 is 0 Å². The van der Waals surface area contributed by atoms with Gasteiger partial charge in [0.1, 0.15) is 0 Å². The molecule has 4 rings (SSSR count). The van der Waals surface area contributed by atoms with Crippen LogP contribution in [0.5, 0.6) is 0 Å². The second kappa shape index (κ2) is 5.86. The lowest BCUT2D eigenvalue weighted by atomic mass is 10.1. The van der Waals surface area contributed by atoms with E-state index < -0.39 is 0 Å². The topological polar surface area (TPSA) is 72.2 Å². The lowest BCUT2D eigenvalue weighted by Crippen LogP contribution is -2.09. The molecule has 0 aliphatic carbocycles.